The van der Waals surface area contributed by atoms with Gasteiger partial charge in [0.25, 0.3) is 11.1 Å². The molecule has 0 spiro atoms. The summed E-state index contributed by atoms with van der Waals surface area (Å²) in [6, 6.07) is 14.3. The number of piperazine rings is 1. The van der Waals surface area contributed by atoms with E-state index >= 15 is 0 Å². The molecule has 2 aromatic carbocycles. The van der Waals surface area contributed by atoms with Crippen LogP contribution in [0.5, 0.6) is 0 Å². The molecule has 0 atom stereocenters. The van der Waals surface area contributed by atoms with Crippen LogP contribution < -0.4 is 15.5 Å². The number of hydrogen-bond acceptors (Lipinski definition) is 6. The molecule has 29 heavy (non-hydrogen) atoms. The van der Waals surface area contributed by atoms with E-state index in [-0.39, 0.29) is 11.1 Å². The SMILES string of the molecule is O=C1NC(=O)C(=Cc2ccc3ncn(-c4ccc(N5CCNCC5)cc4)c3c2)S1. The number of hydrogen-bond donors (Lipinski definition) is 2. The van der Waals surface area contributed by atoms with E-state index in [1.807, 2.05) is 29.1 Å². The number of amides is 2. The summed E-state index contributed by atoms with van der Waals surface area (Å²) in [4.78, 5) is 30.5. The summed E-state index contributed by atoms with van der Waals surface area (Å²) in [6.45, 7) is 4.04. The molecular weight excluding hydrogens is 386 g/mol. The Balaban J connectivity index is 1.46. The zero-order valence-corrected chi connectivity index (χ0v) is 16.4. The fourth-order valence-corrected chi connectivity index (χ4v) is 4.32. The highest BCUT2D eigenvalue weighted by molar-refractivity contribution is 8.18. The number of fused-ring (bicyclic) bond motifs is 1. The predicted molar refractivity (Wildman–Crippen MR) is 115 cm³/mol. The van der Waals surface area contributed by atoms with Gasteiger partial charge in [0.1, 0.15) is 6.33 Å². The van der Waals surface area contributed by atoms with Crippen molar-refractivity contribution >= 4 is 45.7 Å². The standard InChI is InChI=1S/C21H19N5O2S/c27-20-19(29-21(28)24-20)12-14-1-6-17-18(11-14)26(13-23-17)16-4-2-15(3-5-16)25-9-7-22-8-10-25/h1-6,11-13,22H,7-10H2,(H,24,27,28). The summed E-state index contributed by atoms with van der Waals surface area (Å²) in [7, 11) is 0. The Morgan fingerprint density at radius 2 is 1.76 bits per heavy atom. The van der Waals surface area contributed by atoms with Gasteiger partial charge in [0.05, 0.1) is 15.9 Å². The van der Waals surface area contributed by atoms with Crippen LogP contribution in [0.2, 0.25) is 0 Å². The highest BCUT2D eigenvalue weighted by Gasteiger charge is 2.25. The van der Waals surface area contributed by atoms with Crippen LogP contribution in [0.25, 0.3) is 22.8 Å². The van der Waals surface area contributed by atoms with Crippen LogP contribution in [-0.4, -0.2) is 46.9 Å². The number of anilines is 1. The lowest BCUT2D eigenvalue weighted by atomic mass is 10.1. The number of carbonyl (C=O) groups excluding carboxylic acids is 2. The Kier molecular flexibility index (Phi) is 4.57. The van der Waals surface area contributed by atoms with Crippen molar-refractivity contribution in [1.82, 2.24) is 20.2 Å². The van der Waals surface area contributed by atoms with E-state index in [2.05, 4.69) is 44.8 Å². The Morgan fingerprint density at radius 1 is 1.00 bits per heavy atom. The molecule has 0 saturated carbocycles. The largest absolute Gasteiger partial charge is 0.369 e. The van der Waals surface area contributed by atoms with Gasteiger partial charge >= 0.3 is 0 Å². The van der Waals surface area contributed by atoms with E-state index in [0.717, 1.165) is 60.2 Å². The van der Waals surface area contributed by atoms with Gasteiger partial charge in [-0.2, -0.15) is 0 Å². The Morgan fingerprint density at radius 3 is 2.48 bits per heavy atom. The maximum atomic E-state index is 11.8. The zero-order chi connectivity index (χ0) is 19.8. The van der Waals surface area contributed by atoms with Gasteiger partial charge in [-0.15, -0.1) is 0 Å². The van der Waals surface area contributed by atoms with Gasteiger partial charge in [0.2, 0.25) is 0 Å². The predicted octanol–water partition coefficient (Wildman–Crippen LogP) is 2.76. The molecule has 2 aliphatic heterocycles. The number of nitrogens with zero attached hydrogens (tertiary/aromatic N) is 3. The lowest BCUT2D eigenvalue weighted by molar-refractivity contribution is -0.115. The summed E-state index contributed by atoms with van der Waals surface area (Å²) in [5.41, 5.74) is 4.92. The number of carbonyl (C=O) groups is 2. The summed E-state index contributed by atoms with van der Waals surface area (Å²) in [6.07, 6.45) is 3.54. The third-order valence-corrected chi connectivity index (χ3v) is 5.93. The first-order chi connectivity index (χ1) is 14.2. The normalized spacial score (nSPS) is 18.6. The molecule has 2 fully saturated rings. The van der Waals surface area contributed by atoms with Crippen molar-refractivity contribution < 1.29 is 9.59 Å². The van der Waals surface area contributed by atoms with Crippen LogP contribution in [0.1, 0.15) is 5.56 Å². The van der Waals surface area contributed by atoms with Crippen LogP contribution in [0.4, 0.5) is 10.5 Å². The fourth-order valence-electron chi connectivity index (χ4n) is 3.64. The van der Waals surface area contributed by atoms with E-state index in [4.69, 9.17) is 0 Å². The van der Waals surface area contributed by atoms with Crippen LogP contribution in [0, 0.1) is 0 Å². The van der Waals surface area contributed by atoms with E-state index in [1.54, 1.807) is 6.08 Å². The van der Waals surface area contributed by atoms with Crippen molar-refractivity contribution in [3.63, 3.8) is 0 Å². The summed E-state index contributed by atoms with van der Waals surface area (Å²) < 4.78 is 2.03. The van der Waals surface area contributed by atoms with Crippen molar-refractivity contribution in [1.29, 1.82) is 0 Å². The van der Waals surface area contributed by atoms with Crippen molar-refractivity contribution in [2.75, 3.05) is 31.1 Å². The highest BCUT2D eigenvalue weighted by Crippen LogP contribution is 2.27. The van der Waals surface area contributed by atoms with Gasteiger partial charge in [-0.1, -0.05) is 6.07 Å². The molecule has 3 heterocycles. The summed E-state index contributed by atoms with van der Waals surface area (Å²) >= 11 is 0.922. The van der Waals surface area contributed by atoms with Crippen molar-refractivity contribution in [2.24, 2.45) is 0 Å². The Labute approximate surface area is 171 Å². The van der Waals surface area contributed by atoms with Crippen LogP contribution in [-0.2, 0) is 4.79 Å². The third kappa shape index (κ3) is 3.52. The molecule has 3 aromatic rings. The van der Waals surface area contributed by atoms with E-state index in [1.165, 1.54) is 5.69 Å². The van der Waals surface area contributed by atoms with E-state index in [0.29, 0.717) is 4.91 Å². The number of benzene rings is 2. The molecule has 8 heteroatoms. The van der Waals surface area contributed by atoms with Crippen LogP contribution in [0.3, 0.4) is 0 Å². The highest BCUT2D eigenvalue weighted by atomic mass is 32.2. The monoisotopic (exact) mass is 405 g/mol. The number of aromatic nitrogens is 2. The molecule has 0 unspecified atom stereocenters. The fraction of sp³-hybridized carbons (Fsp3) is 0.190. The number of rotatable bonds is 3. The second kappa shape index (κ2) is 7.38. The third-order valence-electron chi connectivity index (χ3n) is 5.12. The number of imide groups is 1. The van der Waals surface area contributed by atoms with Crippen molar-refractivity contribution in [2.45, 2.75) is 0 Å². The van der Waals surface area contributed by atoms with E-state index in [9.17, 15) is 9.59 Å². The maximum Gasteiger partial charge on any atom is 0.290 e. The second-order valence-electron chi connectivity index (χ2n) is 6.97. The number of thioether (sulfide) groups is 1. The van der Waals surface area contributed by atoms with Gasteiger partial charge in [0, 0.05) is 37.6 Å². The molecular formula is C21H19N5O2S. The summed E-state index contributed by atoms with van der Waals surface area (Å²) in [5, 5.41) is 5.31. The molecule has 2 aliphatic rings. The minimum atomic E-state index is -0.350. The first-order valence-electron chi connectivity index (χ1n) is 9.45. The maximum absolute atomic E-state index is 11.8. The van der Waals surface area contributed by atoms with Gasteiger partial charge < -0.3 is 10.2 Å². The first kappa shape index (κ1) is 18.0. The van der Waals surface area contributed by atoms with Crippen molar-refractivity contribution in [3.05, 3.63) is 59.3 Å². The lowest BCUT2D eigenvalue weighted by Crippen LogP contribution is -2.43. The molecule has 2 amide bonds. The van der Waals surface area contributed by atoms with Gasteiger partial charge in [-0.05, 0) is 59.8 Å². The Hall–Kier alpha value is -3.10. The molecule has 2 saturated heterocycles. The topological polar surface area (TPSA) is 79.3 Å². The lowest BCUT2D eigenvalue weighted by Gasteiger charge is -2.29. The molecule has 2 N–H and O–H groups in total. The van der Waals surface area contributed by atoms with Gasteiger partial charge in [-0.3, -0.25) is 19.5 Å². The van der Waals surface area contributed by atoms with Crippen molar-refractivity contribution in [3.8, 4) is 5.69 Å². The number of nitrogens with one attached hydrogen (secondary N) is 2. The van der Waals surface area contributed by atoms with E-state index < -0.39 is 0 Å². The van der Waals surface area contributed by atoms with Crippen LogP contribution >= 0.6 is 11.8 Å². The minimum Gasteiger partial charge on any atom is -0.369 e. The molecule has 5 rings (SSSR count). The number of imidazole rings is 1. The molecule has 0 bridgehead atoms. The molecule has 0 aliphatic carbocycles. The average molecular weight is 405 g/mol. The minimum absolute atomic E-state index is 0.336. The van der Waals surface area contributed by atoms with Gasteiger partial charge in [0.15, 0.2) is 0 Å². The smallest absolute Gasteiger partial charge is 0.290 e. The molecule has 1 aromatic heterocycles. The molecule has 0 radical (unpaired) electrons. The Bertz CT molecular complexity index is 1130. The van der Waals surface area contributed by atoms with Gasteiger partial charge in [-0.25, -0.2) is 4.98 Å². The molecule has 7 nitrogen and oxygen atoms in total. The zero-order valence-electron chi connectivity index (χ0n) is 15.6. The van der Waals surface area contributed by atoms with Crippen LogP contribution in [0.15, 0.2) is 53.7 Å². The second-order valence-corrected chi connectivity index (χ2v) is 7.98. The summed E-state index contributed by atoms with van der Waals surface area (Å²) in [5.74, 6) is -0.350. The molecule has 146 valence electrons. The first-order valence-corrected chi connectivity index (χ1v) is 10.3. The average Bonchev–Trinajstić information content (AvgIpc) is 3.31. The quantitative estimate of drug-likeness (QED) is 0.653.